The molecule has 0 spiro atoms. The van der Waals surface area contributed by atoms with Gasteiger partial charge in [0.25, 0.3) is 0 Å². The molecule has 1 heterocycles. The molecule has 0 aliphatic heterocycles. The van der Waals surface area contributed by atoms with Crippen LogP contribution in [0.25, 0.3) is 11.0 Å². The summed E-state index contributed by atoms with van der Waals surface area (Å²) < 4.78 is 11.0. The Bertz CT molecular complexity index is 595. The van der Waals surface area contributed by atoms with Crippen LogP contribution in [0.15, 0.2) is 28.7 Å². The quantitative estimate of drug-likeness (QED) is 0.889. The minimum Gasteiger partial charge on any atom is -0.475 e. The fourth-order valence-corrected chi connectivity index (χ4v) is 1.67. The van der Waals surface area contributed by atoms with E-state index < -0.39 is 5.97 Å². The highest BCUT2D eigenvalue weighted by Gasteiger charge is 2.16. The van der Waals surface area contributed by atoms with Crippen molar-refractivity contribution in [2.75, 3.05) is 0 Å². The molecular weight excluding hydrogens is 244 g/mol. The second-order valence-electron chi connectivity index (χ2n) is 5.19. The molecule has 0 saturated carbocycles. The van der Waals surface area contributed by atoms with Gasteiger partial charge >= 0.3 is 5.97 Å². The van der Waals surface area contributed by atoms with Crippen LogP contribution in [0.5, 0.6) is 0 Å². The number of benzene rings is 1. The van der Waals surface area contributed by atoms with E-state index in [-0.39, 0.29) is 11.4 Å². The summed E-state index contributed by atoms with van der Waals surface area (Å²) in [6.45, 7) is 6.68. The fraction of sp³-hybridized carbons (Fsp3) is 0.400. The third kappa shape index (κ3) is 3.15. The molecule has 0 atom stereocenters. The minimum atomic E-state index is -1.05. The van der Waals surface area contributed by atoms with E-state index in [9.17, 15) is 4.79 Å². The molecule has 0 radical (unpaired) electrons. The molecule has 0 unspecified atom stereocenters. The molecule has 4 nitrogen and oxygen atoms in total. The van der Waals surface area contributed by atoms with Crippen molar-refractivity contribution in [2.45, 2.75) is 39.4 Å². The van der Waals surface area contributed by atoms with Gasteiger partial charge in [0.2, 0.25) is 5.76 Å². The van der Waals surface area contributed by atoms with Crippen molar-refractivity contribution in [3.63, 3.8) is 0 Å². The third-order valence-corrected chi connectivity index (χ3v) is 3.27. The second kappa shape index (κ2) is 5.05. The first kappa shape index (κ1) is 13.6. The summed E-state index contributed by atoms with van der Waals surface area (Å²) in [4.78, 5) is 10.8. The van der Waals surface area contributed by atoms with Crippen LogP contribution in [0.3, 0.4) is 0 Å². The molecule has 2 rings (SSSR count). The number of carboxylic acids is 1. The number of carboxylic acid groups (broad SMARTS) is 1. The first-order chi connectivity index (χ1) is 8.91. The Balaban J connectivity index is 2.19. The summed E-state index contributed by atoms with van der Waals surface area (Å²) in [5, 5.41) is 9.66. The lowest BCUT2D eigenvalue weighted by molar-refractivity contribution is -0.0315. The van der Waals surface area contributed by atoms with E-state index in [0.29, 0.717) is 12.2 Å². The average molecular weight is 262 g/mol. The lowest BCUT2D eigenvalue weighted by atomic mass is 10.1. The van der Waals surface area contributed by atoms with Crippen molar-refractivity contribution < 1.29 is 19.1 Å². The van der Waals surface area contributed by atoms with Crippen LogP contribution >= 0.6 is 0 Å². The lowest BCUT2D eigenvalue weighted by Gasteiger charge is -2.23. The normalized spacial score (nSPS) is 11.9. The molecule has 0 aliphatic carbocycles. The van der Waals surface area contributed by atoms with Crippen LogP contribution in [0.1, 0.15) is 43.3 Å². The first-order valence-electron chi connectivity index (χ1n) is 6.31. The van der Waals surface area contributed by atoms with Gasteiger partial charge in [0.1, 0.15) is 5.58 Å². The highest BCUT2D eigenvalue weighted by Crippen LogP contribution is 2.23. The Morgan fingerprint density at radius 2 is 2.11 bits per heavy atom. The Labute approximate surface area is 112 Å². The van der Waals surface area contributed by atoms with Crippen molar-refractivity contribution in [3.05, 3.63) is 35.6 Å². The summed E-state index contributed by atoms with van der Waals surface area (Å²) in [5.74, 6) is -1.09. The van der Waals surface area contributed by atoms with Gasteiger partial charge in [-0.05, 0) is 44.0 Å². The summed E-state index contributed by atoms with van der Waals surface area (Å²) in [6, 6.07) is 7.10. The van der Waals surface area contributed by atoms with Gasteiger partial charge in [-0.15, -0.1) is 0 Å². The zero-order valence-corrected chi connectivity index (χ0v) is 11.4. The molecule has 4 heteroatoms. The fourth-order valence-electron chi connectivity index (χ4n) is 1.67. The van der Waals surface area contributed by atoms with Crippen molar-refractivity contribution in [1.29, 1.82) is 0 Å². The van der Waals surface area contributed by atoms with Crippen molar-refractivity contribution in [2.24, 2.45) is 0 Å². The number of ether oxygens (including phenoxy) is 1. The molecule has 102 valence electrons. The maximum absolute atomic E-state index is 10.8. The van der Waals surface area contributed by atoms with Crippen molar-refractivity contribution in [3.8, 4) is 0 Å². The maximum Gasteiger partial charge on any atom is 0.371 e. The maximum atomic E-state index is 10.8. The Hall–Kier alpha value is -1.81. The predicted molar refractivity (Wildman–Crippen MR) is 72.3 cm³/mol. The van der Waals surface area contributed by atoms with E-state index in [1.807, 2.05) is 26.0 Å². The topological polar surface area (TPSA) is 59.7 Å². The van der Waals surface area contributed by atoms with Gasteiger partial charge in [0.15, 0.2) is 0 Å². The third-order valence-electron chi connectivity index (χ3n) is 3.27. The molecule has 0 fully saturated rings. The summed E-state index contributed by atoms with van der Waals surface area (Å²) >= 11 is 0. The standard InChI is InChI=1S/C15H18O4/c1-4-15(2,3)18-9-10-5-6-12-11(7-10)8-13(19-12)14(16)17/h5-8H,4,9H2,1-3H3,(H,16,17). The minimum absolute atomic E-state index is 0.0399. The highest BCUT2D eigenvalue weighted by atomic mass is 16.5. The number of rotatable bonds is 5. The Morgan fingerprint density at radius 3 is 2.74 bits per heavy atom. The van der Waals surface area contributed by atoms with E-state index in [2.05, 4.69) is 6.92 Å². The number of aromatic carboxylic acids is 1. The molecule has 1 aromatic carbocycles. The largest absolute Gasteiger partial charge is 0.475 e. The number of hydrogen-bond donors (Lipinski definition) is 1. The SMILES string of the molecule is CCC(C)(C)OCc1ccc2oc(C(=O)O)cc2c1. The number of furan rings is 1. The predicted octanol–water partition coefficient (Wildman–Crippen LogP) is 3.84. The number of fused-ring (bicyclic) bond motifs is 1. The summed E-state index contributed by atoms with van der Waals surface area (Å²) in [7, 11) is 0. The Kier molecular flexibility index (Phi) is 3.62. The zero-order chi connectivity index (χ0) is 14.0. The van der Waals surface area contributed by atoms with Crippen LogP contribution in [-0.2, 0) is 11.3 Å². The van der Waals surface area contributed by atoms with Crippen LogP contribution in [0.2, 0.25) is 0 Å². The lowest BCUT2D eigenvalue weighted by Crippen LogP contribution is -2.22. The molecule has 19 heavy (non-hydrogen) atoms. The van der Waals surface area contributed by atoms with Gasteiger partial charge in [0, 0.05) is 5.39 Å². The van der Waals surface area contributed by atoms with E-state index in [1.165, 1.54) is 6.07 Å². The van der Waals surface area contributed by atoms with E-state index in [4.69, 9.17) is 14.3 Å². The molecule has 0 aliphatic rings. The van der Waals surface area contributed by atoms with Gasteiger partial charge in [-0.1, -0.05) is 13.0 Å². The van der Waals surface area contributed by atoms with Crippen molar-refractivity contribution >= 4 is 16.9 Å². The molecule has 0 saturated heterocycles. The van der Waals surface area contributed by atoms with Crippen LogP contribution in [0, 0.1) is 0 Å². The van der Waals surface area contributed by atoms with E-state index >= 15 is 0 Å². The molecule has 2 aromatic rings. The molecule has 1 aromatic heterocycles. The van der Waals surface area contributed by atoms with Crippen LogP contribution in [-0.4, -0.2) is 16.7 Å². The second-order valence-corrected chi connectivity index (χ2v) is 5.19. The highest BCUT2D eigenvalue weighted by molar-refractivity contribution is 5.91. The van der Waals surface area contributed by atoms with Gasteiger partial charge in [-0.3, -0.25) is 0 Å². The van der Waals surface area contributed by atoms with Gasteiger partial charge < -0.3 is 14.3 Å². The van der Waals surface area contributed by atoms with Crippen LogP contribution < -0.4 is 0 Å². The summed E-state index contributed by atoms with van der Waals surface area (Å²) in [6.07, 6.45) is 0.935. The van der Waals surface area contributed by atoms with Crippen LogP contribution in [0.4, 0.5) is 0 Å². The average Bonchev–Trinajstić information content (AvgIpc) is 2.79. The van der Waals surface area contributed by atoms with E-state index in [0.717, 1.165) is 17.4 Å². The molecule has 0 bridgehead atoms. The van der Waals surface area contributed by atoms with Gasteiger partial charge in [0.05, 0.1) is 12.2 Å². The molecular formula is C15H18O4. The number of carbonyl (C=O) groups is 1. The summed E-state index contributed by atoms with van der Waals surface area (Å²) in [5.41, 5.74) is 1.43. The monoisotopic (exact) mass is 262 g/mol. The smallest absolute Gasteiger partial charge is 0.371 e. The zero-order valence-electron chi connectivity index (χ0n) is 11.4. The first-order valence-corrected chi connectivity index (χ1v) is 6.31. The number of hydrogen-bond acceptors (Lipinski definition) is 3. The Morgan fingerprint density at radius 1 is 1.37 bits per heavy atom. The molecule has 1 N–H and O–H groups in total. The van der Waals surface area contributed by atoms with Gasteiger partial charge in [-0.25, -0.2) is 4.79 Å². The van der Waals surface area contributed by atoms with E-state index in [1.54, 1.807) is 6.07 Å². The van der Waals surface area contributed by atoms with Gasteiger partial charge in [-0.2, -0.15) is 0 Å². The molecule has 0 amide bonds. The van der Waals surface area contributed by atoms with Crippen molar-refractivity contribution in [1.82, 2.24) is 0 Å².